The van der Waals surface area contributed by atoms with Crippen LogP contribution in [0.4, 0.5) is 0 Å². The Balaban J connectivity index is 2.55. The highest BCUT2D eigenvalue weighted by Crippen LogP contribution is 2.37. The number of hydrogen-bond donors (Lipinski definition) is 0. The van der Waals surface area contributed by atoms with Gasteiger partial charge in [-0.1, -0.05) is 95.3 Å². The first-order chi connectivity index (χ1) is 11.8. The Morgan fingerprint density at radius 2 is 1.40 bits per heavy atom. The first kappa shape index (κ1) is 19.6. The first-order valence-corrected chi connectivity index (χ1v) is 11.0. The molecule has 0 spiro atoms. The minimum absolute atomic E-state index is 0.0509. The molecule has 134 valence electrons. The average molecular weight is 355 g/mol. The zero-order valence-corrected chi connectivity index (χ0v) is 17.1. The summed E-state index contributed by atoms with van der Waals surface area (Å²) in [4.78, 5) is 12.1. The Bertz CT molecular complexity index is 635. The lowest BCUT2D eigenvalue weighted by Crippen LogP contribution is -2.67. The Morgan fingerprint density at radius 3 is 1.76 bits per heavy atom. The fourth-order valence-electron chi connectivity index (χ4n) is 3.45. The van der Waals surface area contributed by atoms with Crippen molar-refractivity contribution in [2.75, 3.05) is 6.61 Å². The van der Waals surface area contributed by atoms with Crippen molar-refractivity contribution in [3.05, 3.63) is 60.7 Å². The third-order valence-electron chi connectivity index (χ3n) is 4.86. The number of Topliss-reactive ketones (excluding diaryl/α,β-unsaturated/α-hetero) is 1. The second kappa shape index (κ2) is 8.11. The molecule has 0 unspecified atom stereocenters. The van der Waals surface area contributed by atoms with E-state index in [1.807, 2.05) is 26.0 Å². The number of rotatable bonds is 7. The van der Waals surface area contributed by atoms with E-state index in [1.165, 1.54) is 10.4 Å². The van der Waals surface area contributed by atoms with Crippen molar-refractivity contribution >= 4 is 24.5 Å². The van der Waals surface area contributed by atoms with Gasteiger partial charge in [-0.25, -0.2) is 0 Å². The van der Waals surface area contributed by atoms with Gasteiger partial charge in [-0.2, -0.15) is 0 Å². The largest absolute Gasteiger partial charge is 0.407 e. The van der Waals surface area contributed by atoms with Crippen LogP contribution in [0.2, 0.25) is 5.04 Å². The molecule has 2 nitrogen and oxygen atoms in total. The predicted octanol–water partition coefficient (Wildman–Crippen LogP) is 4.18. The molecule has 0 aromatic heterocycles. The van der Waals surface area contributed by atoms with Gasteiger partial charge >= 0.3 is 0 Å². The standard InChI is InChI=1S/C22H30O2Si/c1-6-21(23)18(2)17-24-25(22(3,4)5,19-13-9-7-10-14-19)20-15-11-8-12-16-20/h7-16,18H,6,17H2,1-5H3/t18-/m0/s1. The van der Waals surface area contributed by atoms with Crippen LogP contribution in [0.15, 0.2) is 60.7 Å². The third kappa shape index (κ3) is 4.10. The number of hydrogen-bond acceptors (Lipinski definition) is 2. The fourth-order valence-corrected chi connectivity index (χ4v) is 8.11. The zero-order valence-electron chi connectivity index (χ0n) is 16.1. The van der Waals surface area contributed by atoms with Gasteiger partial charge in [0.15, 0.2) is 0 Å². The molecule has 0 fully saturated rings. The predicted molar refractivity (Wildman–Crippen MR) is 108 cm³/mol. The highest BCUT2D eigenvalue weighted by Gasteiger charge is 2.50. The van der Waals surface area contributed by atoms with Crippen LogP contribution in [-0.2, 0) is 9.22 Å². The number of ketones is 1. The van der Waals surface area contributed by atoms with E-state index < -0.39 is 8.32 Å². The van der Waals surface area contributed by atoms with E-state index in [4.69, 9.17) is 4.43 Å². The highest BCUT2D eigenvalue weighted by molar-refractivity contribution is 6.99. The summed E-state index contributed by atoms with van der Waals surface area (Å²) in [7, 11) is -2.52. The molecule has 0 saturated carbocycles. The van der Waals surface area contributed by atoms with Gasteiger partial charge in [0.2, 0.25) is 0 Å². The molecule has 1 atom stereocenters. The van der Waals surface area contributed by atoms with E-state index in [0.717, 1.165) is 0 Å². The Kier molecular flexibility index (Phi) is 6.36. The highest BCUT2D eigenvalue weighted by atomic mass is 28.4. The summed E-state index contributed by atoms with van der Waals surface area (Å²) in [5, 5.41) is 2.46. The van der Waals surface area contributed by atoms with E-state index in [9.17, 15) is 4.79 Å². The minimum atomic E-state index is -2.52. The van der Waals surface area contributed by atoms with Crippen molar-refractivity contribution < 1.29 is 9.22 Å². The molecule has 2 rings (SSSR count). The lowest BCUT2D eigenvalue weighted by molar-refractivity contribution is -0.122. The molecule has 0 heterocycles. The summed E-state index contributed by atoms with van der Waals surface area (Å²) in [5.74, 6) is 0.185. The minimum Gasteiger partial charge on any atom is -0.407 e. The van der Waals surface area contributed by atoms with Crippen molar-refractivity contribution in [3.8, 4) is 0 Å². The van der Waals surface area contributed by atoms with Crippen LogP contribution in [0.1, 0.15) is 41.0 Å². The van der Waals surface area contributed by atoms with Gasteiger partial charge in [0.25, 0.3) is 8.32 Å². The fraction of sp³-hybridized carbons (Fsp3) is 0.409. The van der Waals surface area contributed by atoms with Gasteiger partial charge in [0, 0.05) is 18.9 Å². The lowest BCUT2D eigenvalue weighted by Gasteiger charge is -2.43. The summed E-state index contributed by atoms with van der Waals surface area (Å²) >= 11 is 0. The van der Waals surface area contributed by atoms with E-state index in [0.29, 0.717) is 13.0 Å². The van der Waals surface area contributed by atoms with Crippen molar-refractivity contribution in [2.24, 2.45) is 5.92 Å². The molecular formula is C22H30O2Si. The maximum Gasteiger partial charge on any atom is 0.261 e. The number of carbonyl (C=O) groups is 1. The molecular weight excluding hydrogens is 324 g/mol. The molecule has 0 bridgehead atoms. The topological polar surface area (TPSA) is 26.3 Å². The van der Waals surface area contributed by atoms with Crippen molar-refractivity contribution in [1.82, 2.24) is 0 Å². The second-order valence-corrected chi connectivity index (χ2v) is 12.0. The van der Waals surface area contributed by atoms with Crippen molar-refractivity contribution in [1.29, 1.82) is 0 Å². The van der Waals surface area contributed by atoms with Gasteiger partial charge in [0.1, 0.15) is 5.78 Å². The Morgan fingerprint density at radius 1 is 0.960 bits per heavy atom. The Hall–Kier alpha value is -1.71. The third-order valence-corrected chi connectivity index (χ3v) is 9.87. The quantitative estimate of drug-likeness (QED) is 0.697. The summed E-state index contributed by atoms with van der Waals surface area (Å²) < 4.78 is 6.77. The van der Waals surface area contributed by atoms with Gasteiger partial charge < -0.3 is 4.43 Å². The molecule has 0 radical (unpaired) electrons. The SMILES string of the molecule is CCC(=O)[C@@H](C)CO[Si](c1ccccc1)(c1ccccc1)C(C)(C)C. The smallest absolute Gasteiger partial charge is 0.261 e. The monoisotopic (exact) mass is 354 g/mol. The average Bonchev–Trinajstić information content (AvgIpc) is 2.62. The van der Waals surface area contributed by atoms with Gasteiger partial charge in [0.05, 0.1) is 0 Å². The molecule has 25 heavy (non-hydrogen) atoms. The van der Waals surface area contributed by atoms with Gasteiger partial charge in [-0.05, 0) is 15.4 Å². The van der Waals surface area contributed by atoms with Crippen molar-refractivity contribution in [2.45, 2.75) is 46.1 Å². The molecule has 0 N–H and O–H groups in total. The van der Waals surface area contributed by atoms with Crippen LogP contribution in [0.25, 0.3) is 0 Å². The molecule has 0 saturated heterocycles. The maximum atomic E-state index is 12.1. The second-order valence-electron chi connectivity index (χ2n) is 7.70. The van der Waals surface area contributed by atoms with Gasteiger partial charge in [-0.15, -0.1) is 0 Å². The normalized spacial score (nSPS) is 13.5. The maximum absolute atomic E-state index is 12.1. The van der Waals surface area contributed by atoms with Crippen LogP contribution in [0, 0.1) is 5.92 Å². The molecule has 0 amide bonds. The molecule has 0 aliphatic heterocycles. The molecule has 2 aromatic carbocycles. The van der Waals surface area contributed by atoms with E-state index >= 15 is 0 Å². The van der Waals surface area contributed by atoms with Crippen LogP contribution >= 0.6 is 0 Å². The van der Waals surface area contributed by atoms with E-state index in [1.54, 1.807) is 0 Å². The number of benzene rings is 2. The molecule has 0 aliphatic carbocycles. The van der Waals surface area contributed by atoms with Crippen LogP contribution in [-0.4, -0.2) is 20.7 Å². The lowest BCUT2D eigenvalue weighted by atomic mass is 10.1. The van der Waals surface area contributed by atoms with E-state index in [2.05, 4.69) is 69.3 Å². The zero-order chi connectivity index (χ0) is 18.5. The van der Waals surface area contributed by atoms with Crippen LogP contribution < -0.4 is 10.4 Å². The summed E-state index contributed by atoms with van der Waals surface area (Å²) in [6, 6.07) is 21.1. The molecule has 2 aromatic rings. The van der Waals surface area contributed by atoms with E-state index in [-0.39, 0.29) is 16.7 Å². The van der Waals surface area contributed by atoms with Crippen LogP contribution in [0.5, 0.6) is 0 Å². The molecule has 3 heteroatoms. The van der Waals surface area contributed by atoms with Gasteiger partial charge in [-0.3, -0.25) is 4.79 Å². The summed E-state index contributed by atoms with van der Waals surface area (Å²) in [5.41, 5.74) is 0. The summed E-state index contributed by atoms with van der Waals surface area (Å²) in [6.07, 6.45) is 0.561. The van der Waals surface area contributed by atoms with Crippen molar-refractivity contribution in [3.63, 3.8) is 0 Å². The molecule has 0 aliphatic rings. The first-order valence-electron chi connectivity index (χ1n) is 9.10. The van der Waals surface area contributed by atoms with Crippen LogP contribution in [0.3, 0.4) is 0 Å². The number of carbonyl (C=O) groups excluding carboxylic acids is 1. The summed E-state index contributed by atoms with van der Waals surface area (Å²) in [6.45, 7) is 11.1. The Labute approximate surface area is 153 Å².